The first-order valence-electron chi connectivity index (χ1n) is 7.93. The highest BCUT2D eigenvalue weighted by atomic mass is 16.2. The Labute approximate surface area is 140 Å². The number of imidazole rings is 1. The highest BCUT2D eigenvalue weighted by Crippen LogP contribution is 2.34. The van der Waals surface area contributed by atoms with E-state index in [4.69, 9.17) is 5.26 Å². The van der Waals surface area contributed by atoms with Crippen LogP contribution in [0.5, 0.6) is 0 Å². The fourth-order valence-corrected chi connectivity index (χ4v) is 3.17. The fourth-order valence-electron chi connectivity index (χ4n) is 3.17. The summed E-state index contributed by atoms with van der Waals surface area (Å²) in [6.07, 6.45) is 6.56. The van der Waals surface area contributed by atoms with Crippen LogP contribution in [0, 0.1) is 17.2 Å². The summed E-state index contributed by atoms with van der Waals surface area (Å²) in [5.74, 6) is 2.01. The van der Waals surface area contributed by atoms with Crippen LogP contribution in [0.25, 0.3) is 0 Å². The van der Waals surface area contributed by atoms with E-state index < -0.39 is 0 Å². The van der Waals surface area contributed by atoms with Gasteiger partial charge in [-0.1, -0.05) is 0 Å². The van der Waals surface area contributed by atoms with Crippen LogP contribution in [0.2, 0.25) is 0 Å². The standard InChI is InChI=1S/C17H20N6O/c1-22-8-7-19-17(22)16-13(4-6-15(24)23(16)2)11-21-14-5-3-12(9-18)10-20-14/h3,5,7-8,10,13,16H,4,6,11H2,1-2H3,(H,20,21)/t13-,16+/m1/s1. The van der Waals surface area contributed by atoms with Crippen molar-refractivity contribution >= 4 is 11.7 Å². The first-order valence-corrected chi connectivity index (χ1v) is 7.93. The quantitative estimate of drug-likeness (QED) is 0.925. The molecular formula is C17H20N6O. The zero-order valence-electron chi connectivity index (χ0n) is 13.8. The van der Waals surface area contributed by atoms with Crippen LogP contribution in [0.15, 0.2) is 30.7 Å². The summed E-state index contributed by atoms with van der Waals surface area (Å²) in [5.41, 5.74) is 0.537. The van der Waals surface area contributed by atoms with Crippen LogP contribution < -0.4 is 5.32 Å². The molecule has 0 spiro atoms. The van der Waals surface area contributed by atoms with E-state index in [0.717, 1.165) is 18.1 Å². The highest BCUT2D eigenvalue weighted by Gasteiger charge is 2.36. The molecule has 2 aromatic rings. The fraction of sp³-hybridized carbons (Fsp3) is 0.412. The number of hydrogen-bond donors (Lipinski definition) is 1. The summed E-state index contributed by atoms with van der Waals surface area (Å²) in [5, 5.41) is 12.1. The number of anilines is 1. The van der Waals surface area contributed by atoms with Crippen LogP contribution in [0.3, 0.4) is 0 Å². The van der Waals surface area contributed by atoms with Gasteiger partial charge in [0.2, 0.25) is 5.91 Å². The maximum absolute atomic E-state index is 12.1. The van der Waals surface area contributed by atoms with E-state index in [1.165, 1.54) is 0 Å². The number of piperidine rings is 1. The number of aromatic nitrogens is 3. The molecule has 1 aliphatic heterocycles. The molecule has 7 heteroatoms. The molecule has 24 heavy (non-hydrogen) atoms. The van der Waals surface area contributed by atoms with Crippen molar-refractivity contribution < 1.29 is 4.79 Å². The normalized spacial score (nSPS) is 20.7. The lowest BCUT2D eigenvalue weighted by atomic mass is 9.88. The van der Waals surface area contributed by atoms with E-state index in [2.05, 4.69) is 21.4 Å². The average molecular weight is 324 g/mol. The average Bonchev–Trinajstić information content (AvgIpc) is 3.02. The van der Waals surface area contributed by atoms with Crippen molar-refractivity contribution in [2.24, 2.45) is 13.0 Å². The molecule has 124 valence electrons. The van der Waals surface area contributed by atoms with Crippen LogP contribution in [-0.2, 0) is 11.8 Å². The molecule has 1 amide bonds. The molecule has 0 radical (unpaired) electrons. The Bertz CT molecular complexity index is 760. The van der Waals surface area contributed by atoms with E-state index >= 15 is 0 Å². The van der Waals surface area contributed by atoms with Gasteiger partial charge in [-0.05, 0) is 18.6 Å². The van der Waals surface area contributed by atoms with Crippen molar-refractivity contribution in [2.45, 2.75) is 18.9 Å². The van der Waals surface area contributed by atoms with Crippen molar-refractivity contribution in [3.05, 3.63) is 42.1 Å². The number of hydrogen-bond acceptors (Lipinski definition) is 5. The van der Waals surface area contributed by atoms with Gasteiger partial charge in [0.1, 0.15) is 17.7 Å². The second kappa shape index (κ2) is 6.71. The minimum absolute atomic E-state index is 0.0582. The van der Waals surface area contributed by atoms with Crippen molar-refractivity contribution in [2.75, 3.05) is 18.9 Å². The van der Waals surface area contributed by atoms with Crippen LogP contribution >= 0.6 is 0 Å². The molecule has 0 aliphatic carbocycles. The van der Waals surface area contributed by atoms with Crippen molar-refractivity contribution in [3.8, 4) is 6.07 Å². The Kier molecular flexibility index (Phi) is 4.47. The lowest BCUT2D eigenvalue weighted by Gasteiger charge is -2.38. The Morgan fingerprint density at radius 3 is 2.83 bits per heavy atom. The third kappa shape index (κ3) is 3.08. The summed E-state index contributed by atoms with van der Waals surface area (Å²) in [7, 11) is 3.79. The SMILES string of the molecule is CN1C(=O)CC[C@H](CNc2ccc(C#N)cn2)[C@H]1c1nccn1C. The van der Waals surface area contributed by atoms with Crippen molar-refractivity contribution in [3.63, 3.8) is 0 Å². The van der Waals surface area contributed by atoms with Gasteiger partial charge in [-0.2, -0.15) is 5.26 Å². The maximum Gasteiger partial charge on any atom is 0.222 e. The van der Waals surface area contributed by atoms with Crippen molar-refractivity contribution in [1.82, 2.24) is 19.4 Å². The Hall–Kier alpha value is -2.88. The second-order valence-electron chi connectivity index (χ2n) is 6.07. The molecule has 0 saturated carbocycles. The van der Waals surface area contributed by atoms with Gasteiger partial charge in [-0.3, -0.25) is 4.79 Å². The van der Waals surface area contributed by atoms with Crippen LogP contribution in [0.4, 0.5) is 5.82 Å². The number of pyridine rings is 1. The third-order valence-electron chi connectivity index (χ3n) is 4.55. The molecular weight excluding hydrogens is 304 g/mol. The van der Waals surface area contributed by atoms with Gasteiger partial charge in [0.15, 0.2) is 0 Å². The molecule has 2 atom stereocenters. The number of nitriles is 1. The highest BCUT2D eigenvalue weighted by molar-refractivity contribution is 5.77. The zero-order valence-corrected chi connectivity index (χ0v) is 13.8. The number of carbonyl (C=O) groups is 1. The largest absolute Gasteiger partial charge is 0.370 e. The predicted molar refractivity (Wildman–Crippen MR) is 88.9 cm³/mol. The molecule has 0 bridgehead atoms. The number of nitrogens with zero attached hydrogens (tertiary/aromatic N) is 5. The predicted octanol–water partition coefficient (Wildman–Crippen LogP) is 1.71. The van der Waals surface area contributed by atoms with E-state index in [9.17, 15) is 4.79 Å². The number of aryl methyl sites for hydroxylation is 1. The van der Waals surface area contributed by atoms with Gasteiger partial charge in [-0.15, -0.1) is 0 Å². The number of nitrogens with one attached hydrogen (secondary N) is 1. The van der Waals surface area contributed by atoms with E-state index in [0.29, 0.717) is 18.5 Å². The van der Waals surface area contributed by atoms with Gasteiger partial charge < -0.3 is 14.8 Å². The van der Waals surface area contributed by atoms with E-state index in [1.807, 2.05) is 24.9 Å². The summed E-state index contributed by atoms with van der Waals surface area (Å²) in [6.45, 7) is 0.689. The molecule has 0 aromatic carbocycles. The summed E-state index contributed by atoms with van der Waals surface area (Å²) in [6, 6.07) is 5.53. The van der Waals surface area contributed by atoms with Crippen LogP contribution in [-0.4, -0.2) is 38.9 Å². The van der Waals surface area contributed by atoms with E-state index in [1.54, 1.807) is 29.4 Å². The lowest BCUT2D eigenvalue weighted by molar-refractivity contribution is -0.137. The Morgan fingerprint density at radius 1 is 1.38 bits per heavy atom. The topological polar surface area (TPSA) is 86.8 Å². The first kappa shape index (κ1) is 16.0. The Balaban J connectivity index is 1.75. The van der Waals surface area contributed by atoms with Gasteiger partial charge >= 0.3 is 0 Å². The van der Waals surface area contributed by atoms with Gasteiger partial charge in [0, 0.05) is 51.6 Å². The van der Waals surface area contributed by atoms with E-state index in [-0.39, 0.29) is 17.9 Å². The summed E-state index contributed by atoms with van der Waals surface area (Å²) < 4.78 is 1.97. The smallest absolute Gasteiger partial charge is 0.222 e. The molecule has 1 N–H and O–H groups in total. The van der Waals surface area contributed by atoms with Gasteiger partial charge in [-0.25, -0.2) is 9.97 Å². The van der Waals surface area contributed by atoms with Gasteiger partial charge in [0.25, 0.3) is 0 Å². The monoisotopic (exact) mass is 324 g/mol. The number of amides is 1. The molecule has 3 heterocycles. The van der Waals surface area contributed by atoms with Crippen LogP contribution in [0.1, 0.15) is 30.3 Å². The number of carbonyl (C=O) groups excluding carboxylic acids is 1. The molecule has 2 aromatic heterocycles. The molecule has 7 nitrogen and oxygen atoms in total. The zero-order chi connectivity index (χ0) is 17.1. The summed E-state index contributed by atoms with van der Waals surface area (Å²) in [4.78, 5) is 22.6. The second-order valence-corrected chi connectivity index (χ2v) is 6.07. The third-order valence-corrected chi connectivity index (χ3v) is 4.55. The molecule has 1 aliphatic rings. The molecule has 1 fully saturated rings. The summed E-state index contributed by atoms with van der Waals surface area (Å²) >= 11 is 0. The van der Waals surface area contributed by atoms with Gasteiger partial charge in [0.05, 0.1) is 11.6 Å². The number of rotatable bonds is 4. The maximum atomic E-state index is 12.1. The van der Waals surface area contributed by atoms with Crippen molar-refractivity contribution in [1.29, 1.82) is 5.26 Å². The molecule has 3 rings (SSSR count). The molecule has 0 unspecified atom stereocenters. The minimum atomic E-state index is -0.0582. The number of likely N-dealkylation sites (tertiary alicyclic amines) is 1. The lowest BCUT2D eigenvalue weighted by Crippen LogP contribution is -2.43. The first-order chi connectivity index (χ1) is 11.6. The molecule has 1 saturated heterocycles. The minimum Gasteiger partial charge on any atom is -0.370 e. The Morgan fingerprint density at radius 2 is 2.21 bits per heavy atom.